The molecule has 5 heteroatoms. The van der Waals surface area contributed by atoms with Gasteiger partial charge in [0, 0.05) is 43.9 Å². The average molecular weight is 717 g/mol. The molecule has 11 rings (SSSR count). The Labute approximate surface area is 322 Å². The highest BCUT2D eigenvalue weighted by atomic mass is 16.3. The Balaban J connectivity index is 1.08. The van der Waals surface area contributed by atoms with Crippen LogP contribution in [0.1, 0.15) is 0 Å². The predicted octanol–water partition coefficient (Wildman–Crippen LogP) is 13.2. The lowest BCUT2D eigenvalue weighted by molar-refractivity contribution is 0.669. The van der Waals surface area contributed by atoms with Crippen molar-refractivity contribution in [3.8, 4) is 62.1 Å². The second-order valence-electron chi connectivity index (χ2n) is 14.1. The van der Waals surface area contributed by atoms with E-state index in [1.165, 1.54) is 21.8 Å². The maximum absolute atomic E-state index is 6.26. The highest BCUT2D eigenvalue weighted by Gasteiger charge is 2.17. The van der Waals surface area contributed by atoms with E-state index in [4.69, 9.17) is 19.4 Å². The van der Waals surface area contributed by atoms with Gasteiger partial charge < -0.3 is 8.98 Å². The molecule has 3 heterocycles. The van der Waals surface area contributed by atoms with Crippen molar-refractivity contribution in [2.24, 2.45) is 0 Å². The number of aromatic nitrogens is 4. The number of rotatable bonds is 6. The van der Waals surface area contributed by atoms with Crippen LogP contribution in [0.25, 0.3) is 106 Å². The SMILES string of the molecule is c1ccc(-c2cc(-c3cccc(-c4nc(-c5ccccc5)nc(-c5ccc6c(c5)oc5ccccc56)n4)c3)cc(-n3c4ccccc4c4ccccc43)c2)cc1. The molecule has 0 fully saturated rings. The third-order valence-corrected chi connectivity index (χ3v) is 10.6. The molecule has 0 aliphatic carbocycles. The van der Waals surface area contributed by atoms with E-state index in [1.54, 1.807) is 0 Å². The molecule has 5 nitrogen and oxygen atoms in total. The molecule has 0 radical (unpaired) electrons. The molecule has 0 saturated carbocycles. The van der Waals surface area contributed by atoms with Crippen LogP contribution in [0.5, 0.6) is 0 Å². The number of furan rings is 1. The van der Waals surface area contributed by atoms with Crippen molar-refractivity contribution < 1.29 is 4.42 Å². The van der Waals surface area contributed by atoms with Crippen LogP contribution < -0.4 is 0 Å². The van der Waals surface area contributed by atoms with Gasteiger partial charge in [-0.05, 0) is 76.9 Å². The van der Waals surface area contributed by atoms with Gasteiger partial charge in [-0.15, -0.1) is 0 Å². The Morgan fingerprint density at radius 1 is 0.304 bits per heavy atom. The minimum absolute atomic E-state index is 0.585. The Hall–Kier alpha value is -7.63. The van der Waals surface area contributed by atoms with Crippen molar-refractivity contribution >= 4 is 43.7 Å². The van der Waals surface area contributed by atoms with Crippen LogP contribution in [0.2, 0.25) is 0 Å². The molecule has 0 amide bonds. The van der Waals surface area contributed by atoms with E-state index < -0.39 is 0 Å². The smallest absolute Gasteiger partial charge is 0.164 e. The predicted molar refractivity (Wildman–Crippen MR) is 229 cm³/mol. The van der Waals surface area contributed by atoms with Crippen molar-refractivity contribution in [3.63, 3.8) is 0 Å². The molecule has 262 valence electrons. The summed E-state index contributed by atoms with van der Waals surface area (Å²) in [4.78, 5) is 15.2. The lowest BCUT2D eigenvalue weighted by atomic mass is 9.96. The standard InChI is InChI=1S/C51H32N4O/c1-3-14-33(15-4-1)38-29-39(31-40(30-38)55-45-23-10-7-20-41(45)42-21-8-11-24-46(42)55)35-18-13-19-36(28-35)50-52-49(34-16-5-2-6-17-34)53-51(54-50)37-26-27-44-43-22-9-12-25-47(43)56-48(44)32-37/h1-32H. The quantitative estimate of drug-likeness (QED) is 0.172. The van der Waals surface area contributed by atoms with Crippen molar-refractivity contribution in [3.05, 3.63) is 194 Å². The summed E-state index contributed by atoms with van der Waals surface area (Å²) < 4.78 is 8.64. The van der Waals surface area contributed by atoms with Gasteiger partial charge in [-0.25, -0.2) is 15.0 Å². The Bertz CT molecular complexity index is 3200. The van der Waals surface area contributed by atoms with Crippen LogP contribution in [-0.4, -0.2) is 19.5 Å². The summed E-state index contributed by atoms with van der Waals surface area (Å²) in [5.74, 6) is 1.80. The van der Waals surface area contributed by atoms with Gasteiger partial charge in [-0.2, -0.15) is 0 Å². The fourth-order valence-electron chi connectivity index (χ4n) is 7.96. The zero-order valence-electron chi connectivity index (χ0n) is 30.2. The van der Waals surface area contributed by atoms with E-state index in [0.717, 1.165) is 66.6 Å². The number of benzene rings is 8. The molecule has 0 bridgehead atoms. The van der Waals surface area contributed by atoms with E-state index in [-0.39, 0.29) is 0 Å². The van der Waals surface area contributed by atoms with Crippen molar-refractivity contribution in [2.45, 2.75) is 0 Å². The van der Waals surface area contributed by atoms with Gasteiger partial charge in [-0.1, -0.05) is 140 Å². The van der Waals surface area contributed by atoms with Crippen molar-refractivity contribution in [2.75, 3.05) is 0 Å². The molecule has 0 unspecified atom stereocenters. The summed E-state index contributed by atoms with van der Waals surface area (Å²) in [6.07, 6.45) is 0. The number of fused-ring (bicyclic) bond motifs is 6. The van der Waals surface area contributed by atoms with E-state index in [1.807, 2.05) is 54.6 Å². The lowest BCUT2D eigenvalue weighted by Gasteiger charge is -2.15. The number of hydrogen-bond acceptors (Lipinski definition) is 4. The molecule has 0 N–H and O–H groups in total. The third-order valence-electron chi connectivity index (χ3n) is 10.6. The Kier molecular flexibility index (Phi) is 7.42. The lowest BCUT2D eigenvalue weighted by Crippen LogP contribution is -2.00. The highest BCUT2D eigenvalue weighted by Crippen LogP contribution is 2.37. The summed E-state index contributed by atoms with van der Waals surface area (Å²) in [7, 11) is 0. The minimum atomic E-state index is 0.585. The normalized spacial score (nSPS) is 11.6. The van der Waals surface area contributed by atoms with Gasteiger partial charge >= 0.3 is 0 Å². The Morgan fingerprint density at radius 3 is 1.48 bits per heavy atom. The second-order valence-corrected chi connectivity index (χ2v) is 14.1. The van der Waals surface area contributed by atoms with Gasteiger partial charge in [-0.3, -0.25) is 0 Å². The van der Waals surface area contributed by atoms with Crippen molar-refractivity contribution in [1.29, 1.82) is 0 Å². The first kappa shape index (κ1) is 31.9. The third kappa shape index (κ3) is 5.45. The molecule has 0 aliphatic rings. The number of para-hydroxylation sites is 3. The molecule has 56 heavy (non-hydrogen) atoms. The molecule has 11 aromatic rings. The molecule has 0 saturated heterocycles. The largest absolute Gasteiger partial charge is 0.456 e. The Morgan fingerprint density at radius 2 is 0.786 bits per heavy atom. The summed E-state index contributed by atoms with van der Waals surface area (Å²) in [6, 6.07) is 67.7. The van der Waals surface area contributed by atoms with Crippen LogP contribution in [0.15, 0.2) is 199 Å². The van der Waals surface area contributed by atoms with Gasteiger partial charge in [0.15, 0.2) is 17.5 Å². The molecule has 0 aliphatic heterocycles. The van der Waals surface area contributed by atoms with Crippen LogP contribution in [0.4, 0.5) is 0 Å². The maximum atomic E-state index is 6.26. The monoisotopic (exact) mass is 716 g/mol. The minimum Gasteiger partial charge on any atom is -0.456 e. The maximum Gasteiger partial charge on any atom is 0.164 e. The highest BCUT2D eigenvalue weighted by molar-refractivity contribution is 6.09. The first-order chi connectivity index (χ1) is 27.7. The van der Waals surface area contributed by atoms with E-state index in [0.29, 0.717) is 17.5 Å². The van der Waals surface area contributed by atoms with Crippen LogP contribution >= 0.6 is 0 Å². The topological polar surface area (TPSA) is 56.7 Å². The van der Waals surface area contributed by atoms with E-state index in [9.17, 15) is 0 Å². The summed E-state index contributed by atoms with van der Waals surface area (Å²) >= 11 is 0. The zero-order valence-corrected chi connectivity index (χ0v) is 30.2. The fourth-order valence-corrected chi connectivity index (χ4v) is 7.96. The van der Waals surface area contributed by atoms with E-state index in [2.05, 4.69) is 144 Å². The van der Waals surface area contributed by atoms with Gasteiger partial charge in [0.2, 0.25) is 0 Å². The summed E-state index contributed by atoms with van der Waals surface area (Å²) in [5, 5.41) is 4.62. The fraction of sp³-hybridized carbons (Fsp3) is 0. The molecule has 0 atom stereocenters. The van der Waals surface area contributed by atoms with Crippen LogP contribution in [-0.2, 0) is 0 Å². The molecule has 8 aromatic carbocycles. The molecule has 3 aromatic heterocycles. The van der Waals surface area contributed by atoms with Crippen LogP contribution in [0, 0.1) is 0 Å². The van der Waals surface area contributed by atoms with Gasteiger partial charge in [0.25, 0.3) is 0 Å². The molecular formula is C51H32N4O. The van der Waals surface area contributed by atoms with E-state index >= 15 is 0 Å². The average Bonchev–Trinajstić information content (AvgIpc) is 3.82. The first-order valence-corrected chi connectivity index (χ1v) is 18.8. The van der Waals surface area contributed by atoms with Gasteiger partial charge in [0.05, 0.1) is 11.0 Å². The molecular weight excluding hydrogens is 685 g/mol. The number of hydrogen-bond donors (Lipinski definition) is 0. The van der Waals surface area contributed by atoms with Crippen molar-refractivity contribution in [1.82, 2.24) is 19.5 Å². The zero-order chi connectivity index (χ0) is 37.0. The van der Waals surface area contributed by atoms with Crippen LogP contribution in [0.3, 0.4) is 0 Å². The van der Waals surface area contributed by atoms with Gasteiger partial charge in [0.1, 0.15) is 11.2 Å². The summed E-state index contributed by atoms with van der Waals surface area (Å²) in [5.41, 5.74) is 12.2. The first-order valence-electron chi connectivity index (χ1n) is 18.8. The second kappa shape index (κ2) is 13.0. The molecule has 0 spiro atoms. The summed E-state index contributed by atoms with van der Waals surface area (Å²) in [6.45, 7) is 0. The number of nitrogens with zero attached hydrogens (tertiary/aromatic N) is 4.